The second kappa shape index (κ2) is 3.88. The van der Waals surface area contributed by atoms with Gasteiger partial charge in [-0.1, -0.05) is 0 Å². The topological polar surface area (TPSA) is 45.2 Å². The zero-order chi connectivity index (χ0) is 10.8. The Bertz CT molecular complexity index is 378. The van der Waals surface area contributed by atoms with Crippen LogP contribution >= 0.6 is 0 Å². The van der Waals surface area contributed by atoms with E-state index in [4.69, 9.17) is 0 Å². The maximum atomic E-state index is 11.5. The molecule has 1 N–H and O–H groups in total. The summed E-state index contributed by atoms with van der Waals surface area (Å²) in [4.78, 5) is 17.7. The van der Waals surface area contributed by atoms with Crippen molar-refractivity contribution in [1.29, 1.82) is 0 Å². The molecule has 2 heterocycles. The Labute approximate surface area is 89.3 Å². The lowest BCUT2D eigenvalue weighted by atomic mass is 10.1. The molecule has 0 bridgehead atoms. The van der Waals surface area contributed by atoms with Crippen LogP contribution in [0.1, 0.15) is 12.5 Å². The number of carbonyl (C=O) groups is 1. The highest BCUT2D eigenvalue weighted by atomic mass is 16.2. The van der Waals surface area contributed by atoms with Crippen molar-refractivity contribution >= 4 is 11.6 Å². The lowest BCUT2D eigenvalue weighted by Gasteiger charge is -2.35. The molecule has 1 atom stereocenters. The molecule has 4 nitrogen and oxygen atoms in total. The van der Waals surface area contributed by atoms with Gasteiger partial charge in [0.2, 0.25) is 5.91 Å². The molecule has 80 valence electrons. The molecule has 0 radical (unpaired) electrons. The van der Waals surface area contributed by atoms with E-state index < -0.39 is 0 Å². The van der Waals surface area contributed by atoms with Crippen LogP contribution in [0.2, 0.25) is 0 Å². The second-order valence-electron chi connectivity index (χ2n) is 3.82. The van der Waals surface area contributed by atoms with Gasteiger partial charge in [0.25, 0.3) is 0 Å². The number of aromatic nitrogens is 1. The summed E-state index contributed by atoms with van der Waals surface area (Å²) >= 11 is 0. The van der Waals surface area contributed by atoms with Gasteiger partial charge in [-0.2, -0.15) is 0 Å². The van der Waals surface area contributed by atoms with Crippen LogP contribution in [-0.2, 0) is 4.79 Å². The van der Waals surface area contributed by atoms with Crippen LogP contribution in [0.5, 0.6) is 0 Å². The van der Waals surface area contributed by atoms with Gasteiger partial charge in [-0.15, -0.1) is 0 Å². The van der Waals surface area contributed by atoms with Crippen LogP contribution < -0.4 is 10.2 Å². The van der Waals surface area contributed by atoms with Crippen molar-refractivity contribution in [3.05, 3.63) is 24.0 Å². The Morgan fingerprint density at radius 3 is 3.13 bits per heavy atom. The molecule has 1 aromatic rings. The van der Waals surface area contributed by atoms with Gasteiger partial charge in [0.05, 0.1) is 11.9 Å². The molecule has 15 heavy (non-hydrogen) atoms. The normalized spacial score (nSPS) is 21.3. The van der Waals surface area contributed by atoms with E-state index in [1.807, 2.05) is 26.1 Å². The number of nitrogens with one attached hydrogen (secondary N) is 1. The number of anilines is 1. The summed E-state index contributed by atoms with van der Waals surface area (Å²) in [6, 6.07) is 1.86. The highest BCUT2D eigenvalue weighted by molar-refractivity contribution is 5.86. The number of aryl methyl sites for hydroxylation is 1. The minimum atomic E-state index is -0.110. The highest BCUT2D eigenvalue weighted by Crippen LogP contribution is 2.21. The van der Waals surface area contributed by atoms with E-state index in [0.29, 0.717) is 6.54 Å². The minimum Gasteiger partial charge on any atom is -0.357 e. The summed E-state index contributed by atoms with van der Waals surface area (Å²) < 4.78 is 0. The third-order valence-corrected chi connectivity index (χ3v) is 2.82. The maximum Gasteiger partial charge on any atom is 0.242 e. The number of hydrogen-bond donors (Lipinski definition) is 1. The molecular formula is C11H15N3O. The van der Waals surface area contributed by atoms with Crippen LogP contribution in [0.3, 0.4) is 0 Å². The van der Waals surface area contributed by atoms with Crippen LogP contribution in [0.25, 0.3) is 0 Å². The van der Waals surface area contributed by atoms with E-state index in [-0.39, 0.29) is 11.9 Å². The van der Waals surface area contributed by atoms with Crippen LogP contribution in [0.4, 0.5) is 5.69 Å². The summed E-state index contributed by atoms with van der Waals surface area (Å²) in [5, 5.41) is 2.85. The Kier molecular flexibility index (Phi) is 2.58. The molecule has 0 aliphatic carbocycles. The van der Waals surface area contributed by atoms with Crippen molar-refractivity contribution < 1.29 is 4.79 Å². The molecule has 0 saturated carbocycles. The van der Waals surface area contributed by atoms with E-state index in [1.54, 1.807) is 6.20 Å². The summed E-state index contributed by atoms with van der Waals surface area (Å²) in [7, 11) is 0. The smallest absolute Gasteiger partial charge is 0.242 e. The van der Waals surface area contributed by atoms with Crippen LogP contribution in [0, 0.1) is 6.92 Å². The van der Waals surface area contributed by atoms with Gasteiger partial charge < -0.3 is 10.2 Å². The van der Waals surface area contributed by atoms with Crippen molar-refractivity contribution in [3.63, 3.8) is 0 Å². The summed E-state index contributed by atoms with van der Waals surface area (Å²) in [6.07, 6.45) is 3.60. The van der Waals surface area contributed by atoms with Gasteiger partial charge in [0.1, 0.15) is 6.04 Å². The fraction of sp³-hybridized carbons (Fsp3) is 0.455. The molecule has 4 heteroatoms. The molecule has 1 aliphatic heterocycles. The zero-order valence-electron chi connectivity index (χ0n) is 9.03. The number of amides is 1. The highest BCUT2D eigenvalue weighted by Gasteiger charge is 2.26. The Hall–Kier alpha value is -1.58. The van der Waals surface area contributed by atoms with E-state index in [9.17, 15) is 4.79 Å². The van der Waals surface area contributed by atoms with E-state index >= 15 is 0 Å². The number of pyridine rings is 1. The predicted octanol–water partition coefficient (Wildman–Crippen LogP) is 0.715. The van der Waals surface area contributed by atoms with Gasteiger partial charge in [-0.3, -0.25) is 9.78 Å². The minimum absolute atomic E-state index is 0.0875. The zero-order valence-corrected chi connectivity index (χ0v) is 9.03. The van der Waals surface area contributed by atoms with Crippen molar-refractivity contribution in [2.24, 2.45) is 0 Å². The van der Waals surface area contributed by atoms with E-state index in [0.717, 1.165) is 17.8 Å². The third kappa shape index (κ3) is 1.79. The van der Waals surface area contributed by atoms with Gasteiger partial charge >= 0.3 is 0 Å². The first-order chi connectivity index (χ1) is 7.20. The molecular weight excluding hydrogens is 190 g/mol. The number of nitrogens with zero attached hydrogens (tertiary/aromatic N) is 2. The standard InChI is InChI=1S/C11H15N3O/c1-8-3-4-12-7-10(8)14-6-5-13-11(15)9(14)2/h3-4,7,9H,5-6H2,1-2H3,(H,13,15). The van der Waals surface area contributed by atoms with Crippen molar-refractivity contribution in [2.45, 2.75) is 19.9 Å². The van der Waals surface area contributed by atoms with E-state index in [1.165, 1.54) is 0 Å². The largest absolute Gasteiger partial charge is 0.357 e. The fourth-order valence-electron chi connectivity index (χ4n) is 1.87. The molecule has 0 spiro atoms. The lowest BCUT2D eigenvalue weighted by Crippen LogP contribution is -2.54. The number of rotatable bonds is 1. The molecule has 2 rings (SSSR count). The molecule has 1 aliphatic rings. The molecule has 1 unspecified atom stereocenters. The first-order valence-electron chi connectivity index (χ1n) is 5.15. The predicted molar refractivity (Wildman–Crippen MR) is 58.8 cm³/mol. The van der Waals surface area contributed by atoms with Gasteiger partial charge in [-0.25, -0.2) is 0 Å². The third-order valence-electron chi connectivity index (χ3n) is 2.82. The van der Waals surface area contributed by atoms with Crippen LogP contribution in [0.15, 0.2) is 18.5 Å². The maximum absolute atomic E-state index is 11.5. The number of carbonyl (C=O) groups excluding carboxylic acids is 1. The monoisotopic (exact) mass is 205 g/mol. The molecule has 1 fully saturated rings. The fourth-order valence-corrected chi connectivity index (χ4v) is 1.87. The van der Waals surface area contributed by atoms with Gasteiger partial charge in [-0.05, 0) is 25.5 Å². The molecule has 0 aromatic carbocycles. The average Bonchev–Trinajstić information content (AvgIpc) is 2.23. The van der Waals surface area contributed by atoms with Crippen LogP contribution in [-0.4, -0.2) is 30.0 Å². The van der Waals surface area contributed by atoms with Gasteiger partial charge in [0.15, 0.2) is 0 Å². The van der Waals surface area contributed by atoms with Gasteiger partial charge in [0, 0.05) is 19.3 Å². The Morgan fingerprint density at radius 1 is 1.60 bits per heavy atom. The average molecular weight is 205 g/mol. The molecule has 1 aromatic heterocycles. The van der Waals surface area contributed by atoms with Crippen molar-refractivity contribution in [2.75, 3.05) is 18.0 Å². The Morgan fingerprint density at radius 2 is 2.40 bits per heavy atom. The summed E-state index contributed by atoms with van der Waals surface area (Å²) in [5.74, 6) is 0.0875. The SMILES string of the molecule is Cc1ccncc1N1CCNC(=O)C1C. The quantitative estimate of drug-likeness (QED) is 0.734. The second-order valence-corrected chi connectivity index (χ2v) is 3.82. The molecule has 1 saturated heterocycles. The Balaban J connectivity index is 2.30. The first kappa shape index (κ1) is 9.96. The van der Waals surface area contributed by atoms with E-state index in [2.05, 4.69) is 15.2 Å². The summed E-state index contributed by atoms with van der Waals surface area (Å²) in [5.41, 5.74) is 2.21. The molecule has 1 amide bonds. The number of hydrogen-bond acceptors (Lipinski definition) is 3. The number of piperazine rings is 1. The van der Waals surface area contributed by atoms with Crippen molar-refractivity contribution in [3.8, 4) is 0 Å². The van der Waals surface area contributed by atoms with Crippen molar-refractivity contribution in [1.82, 2.24) is 10.3 Å². The summed E-state index contributed by atoms with van der Waals surface area (Å²) in [6.45, 7) is 5.51. The lowest BCUT2D eigenvalue weighted by molar-refractivity contribution is -0.122. The first-order valence-corrected chi connectivity index (χ1v) is 5.15.